The lowest BCUT2D eigenvalue weighted by Crippen LogP contribution is -2.12. The maximum atomic E-state index is 8.39. The lowest BCUT2D eigenvalue weighted by Gasteiger charge is -2.05. The minimum absolute atomic E-state index is 0.0557. The Morgan fingerprint density at radius 2 is 1.18 bits per heavy atom. The molecule has 0 aromatic carbocycles. The molecule has 8 heteroatoms. The molecule has 8 nitrogen and oxygen atoms in total. The maximum absolute atomic E-state index is 8.39. The summed E-state index contributed by atoms with van der Waals surface area (Å²) in [5.74, 6) is 0. The van der Waals surface area contributed by atoms with Gasteiger partial charge in [-0.05, 0) is 0 Å². The minimum atomic E-state index is 0.0557. The minimum Gasteiger partial charge on any atom is -0.394 e. The van der Waals surface area contributed by atoms with Crippen molar-refractivity contribution in [3.05, 3.63) is 0 Å². The molecule has 0 spiro atoms. The third kappa shape index (κ3) is 25.4. The molecule has 3 N–H and O–H groups in total. The molecule has 0 aromatic rings. The van der Waals surface area contributed by atoms with Crippen LogP contribution in [0, 0.1) is 11.1 Å². The smallest absolute Gasteiger partial charge is 0.211 e. The van der Waals surface area contributed by atoms with Gasteiger partial charge in [0, 0.05) is 7.11 Å². The quantitative estimate of drug-likeness (QED) is 0.267. The molecule has 0 aliphatic heterocycles. The summed E-state index contributed by atoms with van der Waals surface area (Å²) in [6, 6.07) is 0. The summed E-state index contributed by atoms with van der Waals surface area (Å²) in [5, 5.41) is 8.39. The number of hydrogen-bond donors (Lipinski definition) is 3. The molecule has 0 fully saturated rings. The van der Waals surface area contributed by atoms with Crippen molar-refractivity contribution in [3.63, 3.8) is 0 Å². The number of nitrogens with zero attached hydrogens (tertiary/aromatic N) is 1. The lowest BCUT2D eigenvalue weighted by atomic mass is 10.7. The van der Waals surface area contributed by atoms with Crippen LogP contribution in [0.1, 0.15) is 0 Å². The second kappa shape index (κ2) is 20.5. The fraction of sp³-hybridized carbons (Fsp3) is 1.00. The first-order valence-corrected chi connectivity index (χ1v) is 5.19. The fourth-order valence-electron chi connectivity index (χ4n) is 0.749. The van der Waals surface area contributed by atoms with E-state index in [1.807, 2.05) is 4.91 Å². The molecule has 17 heavy (non-hydrogen) atoms. The van der Waals surface area contributed by atoms with Crippen molar-refractivity contribution in [2.45, 2.75) is 0 Å². The summed E-state index contributed by atoms with van der Waals surface area (Å²) < 4.78 is 20.2. The number of nitrogens with one attached hydrogen (secondary N) is 2. The molecule has 0 saturated carbocycles. The van der Waals surface area contributed by atoms with Crippen LogP contribution in [0.2, 0.25) is 0 Å². The van der Waals surface area contributed by atoms with E-state index in [-0.39, 0.29) is 6.61 Å². The van der Waals surface area contributed by atoms with Crippen molar-refractivity contribution in [2.75, 3.05) is 60.0 Å². The van der Waals surface area contributed by atoms with Crippen molar-refractivity contribution in [2.24, 2.45) is 0 Å². The van der Waals surface area contributed by atoms with Crippen molar-refractivity contribution in [1.82, 2.24) is 4.91 Å². The zero-order valence-electron chi connectivity index (χ0n) is 10.2. The summed E-state index contributed by atoms with van der Waals surface area (Å²) in [6.07, 6.45) is 0. The van der Waals surface area contributed by atoms with Gasteiger partial charge in [0.2, 0.25) is 4.91 Å². The normalized spacial score (nSPS) is 9.29. The Labute approximate surface area is 101 Å². The number of aliphatic hydroxyl groups is 1. The Bertz CT molecular complexity index is 153. The number of methoxy groups -OCH3 is 1. The molecule has 0 heterocycles. The van der Waals surface area contributed by atoms with E-state index in [2.05, 4.69) is 0 Å². The van der Waals surface area contributed by atoms with Crippen LogP contribution < -0.4 is 4.91 Å². The molecule has 0 rings (SSSR count). The van der Waals surface area contributed by atoms with Crippen molar-refractivity contribution in [1.29, 1.82) is 11.1 Å². The standard InChI is InChI=1S/C9H20O5.H2N3/c1-11-4-5-13-8-9-14-7-6-12-3-2-10;1-3-2/h10H,2-9H2,1H3;1-2H/q;+1. The van der Waals surface area contributed by atoms with Crippen LogP contribution >= 0.6 is 0 Å². The largest absolute Gasteiger partial charge is 0.394 e. The molecule has 102 valence electrons. The Balaban J connectivity index is 0. The molecule has 0 amide bonds. The number of aliphatic hydroxyl groups excluding tert-OH is 1. The number of ether oxygens (including phenoxy) is 4. The summed E-state index contributed by atoms with van der Waals surface area (Å²) >= 11 is 0. The topological polar surface area (TPSA) is 119 Å². The highest BCUT2D eigenvalue weighted by atomic mass is 16.6. The van der Waals surface area contributed by atoms with Crippen LogP contribution in [0.3, 0.4) is 0 Å². The monoisotopic (exact) mass is 252 g/mol. The van der Waals surface area contributed by atoms with E-state index in [1.165, 1.54) is 0 Å². The van der Waals surface area contributed by atoms with Crippen LogP contribution in [-0.4, -0.2) is 65.1 Å². The average Bonchev–Trinajstić information content (AvgIpc) is 2.33. The molecule has 0 saturated heterocycles. The zero-order chi connectivity index (χ0) is 13.2. The van der Waals surface area contributed by atoms with Gasteiger partial charge in [-0.15, -0.1) is 0 Å². The van der Waals surface area contributed by atoms with Crippen LogP contribution in [0.15, 0.2) is 0 Å². The van der Waals surface area contributed by atoms with Gasteiger partial charge in [-0.1, -0.05) is 0 Å². The van der Waals surface area contributed by atoms with Crippen molar-refractivity contribution in [3.8, 4) is 0 Å². The molecular weight excluding hydrogens is 230 g/mol. The Kier molecular flexibility index (Phi) is 22.3. The van der Waals surface area contributed by atoms with Gasteiger partial charge in [-0.25, -0.2) is 0 Å². The van der Waals surface area contributed by atoms with E-state index in [9.17, 15) is 0 Å². The third-order valence-electron chi connectivity index (χ3n) is 1.41. The van der Waals surface area contributed by atoms with E-state index < -0.39 is 0 Å². The van der Waals surface area contributed by atoms with Gasteiger partial charge >= 0.3 is 0 Å². The van der Waals surface area contributed by atoms with Crippen LogP contribution in [-0.2, 0) is 18.9 Å². The first-order chi connectivity index (χ1) is 8.33. The van der Waals surface area contributed by atoms with Gasteiger partial charge in [0.15, 0.2) is 0 Å². The molecule has 0 unspecified atom stereocenters. The predicted molar refractivity (Wildman–Crippen MR) is 59.0 cm³/mol. The first-order valence-electron chi connectivity index (χ1n) is 5.19. The molecule has 0 bridgehead atoms. The molecule has 0 atom stereocenters. The second-order valence-electron chi connectivity index (χ2n) is 2.67. The van der Waals surface area contributed by atoms with Crippen LogP contribution in [0.5, 0.6) is 0 Å². The van der Waals surface area contributed by atoms with Crippen molar-refractivity contribution >= 4 is 0 Å². The Morgan fingerprint density at radius 1 is 0.824 bits per heavy atom. The molecule has 0 radical (unpaired) electrons. The SMILES string of the molecule is COCCOCCOCCOCCO.N=[N+]=N. The van der Waals surface area contributed by atoms with E-state index in [0.29, 0.717) is 46.2 Å². The number of hydrogen-bond acceptors (Lipinski definition) is 7. The van der Waals surface area contributed by atoms with Crippen LogP contribution in [0.25, 0.3) is 0 Å². The van der Waals surface area contributed by atoms with Gasteiger partial charge < -0.3 is 24.1 Å². The predicted octanol–water partition coefficient (Wildman–Crippen LogP) is -0.210. The van der Waals surface area contributed by atoms with Crippen LogP contribution in [0.4, 0.5) is 0 Å². The Hall–Kier alpha value is -0.890. The van der Waals surface area contributed by atoms with E-state index in [4.69, 9.17) is 35.1 Å². The van der Waals surface area contributed by atoms with Gasteiger partial charge in [0.25, 0.3) is 0 Å². The maximum Gasteiger partial charge on any atom is 0.211 e. The zero-order valence-corrected chi connectivity index (χ0v) is 10.2. The fourth-order valence-corrected chi connectivity index (χ4v) is 0.749. The summed E-state index contributed by atoms with van der Waals surface area (Å²) in [7, 11) is 1.64. The molecule has 0 aliphatic carbocycles. The van der Waals surface area contributed by atoms with Gasteiger partial charge in [-0.3, -0.25) is 0 Å². The number of rotatable bonds is 11. The highest BCUT2D eigenvalue weighted by Gasteiger charge is 1.90. The van der Waals surface area contributed by atoms with E-state index >= 15 is 0 Å². The lowest BCUT2D eigenvalue weighted by molar-refractivity contribution is -0.000973. The molecular formula is C9H22N3O5+. The van der Waals surface area contributed by atoms with Gasteiger partial charge in [0.05, 0.1) is 52.9 Å². The highest BCUT2D eigenvalue weighted by Crippen LogP contribution is 1.81. The first kappa shape index (κ1) is 18.5. The molecule has 0 aromatic heterocycles. The summed E-state index contributed by atoms with van der Waals surface area (Å²) in [6.45, 7) is 3.82. The van der Waals surface area contributed by atoms with Crippen molar-refractivity contribution < 1.29 is 24.1 Å². The summed E-state index contributed by atoms with van der Waals surface area (Å²) in [4.78, 5) is 2.00. The Morgan fingerprint density at radius 3 is 1.53 bits per heavy atom. The third-order valence-corrected chi connectivity index (χ3v) is 1.41. The van der Waals surface area contributed by atoms with E-state index in [1.54, 1.807) is 7.11 Å². The van der Waals surface area contributed by atoms with Gasteiger partial charge in [0.1, 0.15) is 11.1 Å². The summed E-state index contributed by atoms with van der Waals surface area (Å²) in [5.41, 5.74) is 11.0. The molecule has 0 aliphatic rings. The average molecular weight is 252 g/mol. The second-order valence-corrected chi connectivity index (χ2v) is 2.67. The van der Waals surface area contributed by atoms with Gasteiger partial charge in [-0.2, -0.15) is 0 Å². The highest BCUT2D eigenvalue weighted by molar-refractivity contribution is 4.33. The van der Waals surface area contributed by atoms with E-state index in [0.717, 1.165) is 0 Å².